The van der Waals surface area contributed by atoms with Crippen molar-refractivity contribution in [3.63, 3.8) is 0 Å². The number of H-pyrrole nitrogens is 1. The Bertz CT molecular complexity index is 270. The number of hydrogen-bond acceptors (Lipinski definition) is 2. The normalized spacial score (nSPS) is 9.56. The van der Waals surface area contributed by atoms with Gasteiger partial charge in [-0.2, -0.15) is 0 Å². The van der Waals surface area contributed by atoms with Crippen molar-refractivity contribution in [3.8, 4) is 0 Å². The van der Waals surface area contributed by atoms with Crippen molar-refractivity contribution in [1.82, 2.24) is 9.97 Å². The first-order valence-electron chi connectivity index (χ1n) is 2.10. The Labute approximate surface area is 66.8 Å². The van der Waals surface area contributed by atoms with Gasteiger partial charge in [-0.1, -0.05) is 35.4 Å². The van der Waals surface area contributed by atoms with Crippen LogP contribution in [-0.2, 0) is 0 Å². The van der Waals surface area contributed by atoms with Crippen molar-refractivity contribution < 1.29 is 0 Å². The summed E-state index contributed by atoms with van der Waals surface area (Å²) >= 11 is 15.7. The maximum absolute atomic E-state index is 5.50. The maximum Gasteiger partial charge on any atom is 0.164 e. The van der Waals surface area contributed by atoms with Crippen LogP contribution in [0.2, 0.25) is 10.3 Å². The van der Waals surface area contributed by atoms with Gasteiger partial charge in [0.25, 0.3) is 0 Å². The number of nitrogens with zero attached hydrogens (tertiary/aromatic N) is 1. The molecule has 5 heteroatoms. The quantitative estimate of drug-likeness (QED) is 0.622. The summed E-state index contributed by atoms with van der Waals surface area (Å²) in [5, 5.41) is 0.523. The molecule has 9 heavy (non-hydrogen) atoms. The predicted molar refractivity (Wildman–Crippen MR) is 39.4 cm³/mol. The second-order valence-electron chi connectivity index (χ2n) is 1.35. The molecular weight excluding hydrogens is 179 g/mol. The Hall–Kier alpha value is -0.120. The van der Waals surface area contributed by atoms with Crippen molar-refractivity contribution in [3.05, 3.63) is 21.1 Å². The van der Waals surface area contributed by atoms with Crippen LogP contribution in [0, 0.1) is 4.64 Å². The second kappa shape index (κ2) is 2.64. The third-order valence-corrected chi connectivity index (χ3v) is 1.57. The lowest BCUT2D eigenvalue weighted by Crippen LogP contribution is -1.80. The summed E-state index contributed by atoms with van der Waals surface area (Å²) in [6.07, 6.45) is 1.43. The molecule has 0 unspecified atom stereocenters. The standard InChI is InChI=1S/C4H2Cl2N2S/c5-3-4(6)8-2(9)1-7-3/h1H,(H,8,9). The largest absolute Gasteiger partial charge is 0.333 e. The van der Waals surface area contributed by atoms with E-state index in [0.717, 1.165) is 0 Å². The molecule has 0 aliphatic heterocycles. The Balaban J connectivity index is 3.34. The van der Waals surface area contributed by atoms with Gasteiger partial charge in [-0.3, -0.25) is 0 Å². The Morgan fingerprint density at radius 1 is 1.56 bits per heavy atom. The number of nitrogens with one attached hydrogen (secondary N) is 1. The fourth-order valence-corrected chi connectivity index (χ4v) is 0.821. The highest BCUT2D eigenvalue weighted by Gasteiger charge is 1.93. The number of halogens is 2. The van der Waals surface area contributed by atoms with E-state index in [9.17, 15) is 0 Å². The Kier molecular flexibility index (Phi) is 2.05. The lowest BCUT2D eigenvalue weighted by Gasteiger charge is -1.90. The van der Waals surface area contributed by atoms with Gasteiger partial charge in [-0.15, -0.1) is 0 Å². The van der Waals surface area contributed by atoms with Gasteiger partial charge in [0.15, 0.2) is 5.15 Å². The summed E-state index contributed by atoms with van der Waals surface area (Å²) < 4.78 is 0.476. The van der Waals surface area contributed by atoms with E-state index in [1.54, 1.807) is 0 Å². The lowest BCUT2D eigenvalue weighted by atomic mass is 10.8. The first-order chi connectivity index (χ1) is 4.20. The van der Waals surface area contributed by atoms with E-state index in [1.165, 1.54) is 6.20 Å². The van der Waals surface area contributed by atoms with Crippen molar-refractivity contribution >= 4 is 35.4 Å². The fourth-order valence-electron chi connectivity index (χ4n) is 0.364. The molecular formula is C4H2Cl2N2S. The molecule has 0 aromatic carbocycles. The zero-order valence-electron chi connectivity index (χ0n) is 4.19. The van der Waals surface area contributed by atoms with Gasteiger partial charge in [0.2, 0.25) is 0 Å². The van der Waals surface area contributed by atoms with Crippen LogP contribution in [0.4, 0.5) is 0 Å². The summed E-state index contributed by atoms with van der Waals surface area (Å²) in [6, 6.07) is 0. The fraction of sp³-hybridized carbons (Fsp3) is 0. The lowest BCUT2D eigenvalue weighted by molar-refractivity contribution is 1.18. The number of aromatic nitrogens is 2. The molecule has 2 nitrogen and oxygen atoms in total. The van der Waals surface area contributed by atoms with Crippen LogP contribution < -0.4 is 0 Å². The van der Waals surface area contributed by atoms with Crippen molar-refractivity contribution in [1.29, 1.82) is 0 Å². The van der Waals surface area contributed by atoms with Gasteiger partial charge in [-0.25, -0.2) is 4.98 Å². The van der Waals surface area contributed by atoms with Crippen LogP contribution in [0.1, 0.15) is 0 Å². The van der Waals surface area contributed by atoms with Gasteiger partial charge in [0, 0.05) is 0 Å². The van der Waals surface area contributed by atoms with Gasteiger partial charge in [0.1, 0.15) is 9.79 Å². The molecule has 48 valence electrons. The van der Waals surface area contributed by atoms with Crippen LogP contribution in [-0.4, -0.2) is 9.97 Å². The minimum atomic E-state index is 0.241. The molecule has 1 N–H and O–H groups in total. The summed E-state index contributed by atoms with van der Waals surface area (Å²) in [5.41, 5.74) is 0. The van der Waals surface area contributed by atoms with Crippen LogP contribution in [0.25, 0.3) is 0 Å². The molecule has 0 saturated heterocycles. The molecule has 1 aromatic rings. The van der Waals surface area contributed by atoms with Crippen LogP contribution >= 0.6 is 35.4 Å². The van der Waals surface area contributed by atoms with Gasteiger partial charge in [0.05, 0.1) is 6.20 Å². The summed E-state index contributed by atoms with van der Waals surface area (Å²) in [4.78, 5) is 6.30. The molecule has 0 bridgehead atoms. The minimum absolute atomic E-state index is 0.241. The van der Waals surface area contributed by atoms with E-state index in [-0.39, 0.29) is 10.3 Å². The second-order valence-corrected chi connectivity index (χ2v) is 2.53. The number of hydrogen-bond donors (Lipinski definition) is 1. The number of rotatable bonds is 0. The van der Waals surface area contributed by atoms with E-state index in [1.807, 2.05) is 0 Å². The Morgan fingerprint density at radius 2 is 2.22 bits per heavy atom. The molecule has 0 fully saturated rings. The monoisotopic (exact) mass is 180 g/mol. The maximum atomic E-state index is 5.50. The van der Waals surface area contributed by atoms with E-state index in [4.69, 9.17) is 35.4 Å². The predicted octanol–water partition coefficient (Wildman–Crippen LogP) is 2.45. The first kappa shape index (κ1) is 6.99. The minimum Gasteiger partial charge on any atom is -0.333 e. The summed E-state index contributed by atoms with van der Waals surface area (Å²) in [7, 11) is 0. The van der Waals surface area contributed by atoms with Crippen LogP contribution in [0.3, 0.4) is 0 Å². The van der Waals surface area contributed by atoms with Crippen LogP contribution in [0.5, 0.6) is 0 Å². The van der Waals surface area contributed by atoms with Crippen LogP contribution in [0.15, 0.2) is 6.20 Å². The highest BCUT2D eigenvalue weighted by molar-refractivity contribution is 7.71. The molecule has 0 atom stereocenters. The SMILES string of the molecule is S=c1cnc(Cl)c(Cl)[nH]1. The van der Waals surface area contributed by atoms with Gasteiger partial charge < -0.3 is 4.98 Å². The zero-order chi connectivity index (χ0) is 6.85. The zero-order valence-corrected chi connectivity index (χ0v) is 6.52. The highest BCUT2D eigenvalue weighted by atomic mass is 35.5. The van der Waals surface area contributed by atoms with Crippen molar-refractivity contribution in [2.45, 2.75) is 0 Å². The Morgan fingerprint density at radius 3 is 2.67 bits per heavy atom. The highest BCUT2D eigenvalue weighted by Crippen LogP contribution is 2.13. The summed E-state index contributed by atoms with van der Waals surface area (Å²) in [5.74, 6) is 0. The van der Waals surface area contributed by atoms with Gasteiger partial charge in [-0.05, 0) is 0 Å². The van der Waals surface area contributed by atoms with E-state index in [0.29, 0.717) is 4.64 Å². The third-order valence-electron chi connectivity index (χ3n) is 0.709. The van der Waals surface area contributed by atoms with Gasteiger partial charge >= 0.3 is 0 Å². The topological polar surface area (TPSA) is 28.7 Å². The van der Waals surface area contributed by atoms with E-state index < -0.39 is 0 Å². The molecule has 0 amide bonds. The first-order valence-corrected chi connectivity index (χ1v) is 3.27. The molecule has 0 saturated carbocycles. The molecule has 1 rings (SSSR count). The van der Waals surface area contributed by atoms with Crippen molar-refractivity contribution in [2.24, 2.45) is 0 Å². The van der Waals surface area contributed by atoms with Crippen molar-refractivity contribution in [2.75, 3.05) is 0 Å². The molecule has 0 spiro atoms. The molecule has 1 heterocycles. The number of aromatic amines is 1. The summed E-state index contributed by atoms with van der Waals surface area (Å²) in [6.45, 7) is 0. The molecule has 0 aliphatic rings. The molecule has 0 radical (unpaired) electrons. The van der Waals surface area contributed by atoms with E-state index in [2.05, 4.69) is 9.97 Å². The molecule has 1 aromatic heterocycles. The average molecular weight is 181 g/mol. The third kappa shape index (κ3) is 1.64. The smallest absolute Gasteiger partial charge is 0.164 e. The average Bonchev–Trinajstić information content (AvgIpc) is 1.80. The molecule has 0 aliphatic carbocycles. The van der Waals surface area contributed by atoms with E-state index >= 15 is 0 Å².